The van der Waals surface area contributed by atoms with Gasteiger partial charge in [-0.15, -0.1) is 0 Å². The van der Waals surface area contributed by atoms with Crippen molar-refractivity contribution in [2.45, 2.75) is 31.7 Å². The molecule has 0 bridgehead atoms. The third-order valence-corrected chi connectivity index (χ3v) is 3.55. The maximum absolute atomic E-state index is 11.5. The van der Waals surface area contributed by atoms with E-state index in [4.69, 9.17) is 0 Å². The van der Waals surface area contributed by atoms with Gasteiger partial charge in [0, 0.05) is 6.54 Å². The number of carboxylic acid groups (broad SMARTS) is 1. The Labute approximate surface area is 109 Å². The molecule has 1 N–H and O–H groups in total. The molecule has 0 aliphatic carbocycles. The highest BCUT2D eigenvalue weighted by atomic mass is 16.6. The summed E-state index contributed by atoms with van der Waals surface area (Å²) in [5, 5.41) is 20.0. The lowest BCUT2D eigenvalue weighted by Gasteiger charge is -2.33. The maximum Gasteiger partial charge on any atom is 0.329 e. The van der Waals surface area contributed by atoms with E-state index in [1.165, 1.54) is 0 Å². The van der Waals surface area contributed by atoms with Gasteiger partial charge in [0.05, 0.1) is 4.92 Å². The van der Waals surface area contributed by atoms with E-state index in [0.717, 1.165) is 18.8 Å². The summed E-state index contributed by atoms with van der Waals surface area (Å²) < 4.78 is 0. The Bertz CT molecular complexity index is 504. The number of anilines is 1. The van der Waals surface area contributed by atoms with E-state index in [2.05, 4.69) is 9.97 Å². The van der Waals surface area contributed by atoms with Gasteiger partial charge in [-0.3, -0.25) is 10.1 Å². The van der Waals surface area contributed by atoms with Gasteiger partial charge in [-0.1, -0.05) is 6.92 Å². The molecule has 1 unspecified atom stereocenters. The van der Waals surface area contributed by atoms with Crippen LogP contribution in [0.25, 0.3) is 0 Å². The molecule has 1 aromatic rings. The number of carbonyl (C=O) groups is 1. The number of nitro groups is 1. The molecule has 0 radical (unpaired) electrons. The van der Waals surface area contributed by atoms with Crippen molar-refractivity contribution in [1.82, 2.24) is 9.97 Å². The van der Waals surface area contributed by atoms with Gasteiger partial charge in [-0.05, 0) is 19.3 Å². The quantitative estimate of drug-likeness (QED) is 0.644. The van der Waals surface area contributed by atoms with Crippen LogP contribution >= 0.6 is 0 Å². The first-order chi connectivity index (χ1) is 9.01. The Hall–Kier alpha value is -2.25. The molecular formula is C11H14N4O4. The minimum absolute atomic E-state index is 0.208. The summed E-state index contributed by atoms with van der Waals surface area (Å²) in [5.41, 5.74) is -1.21. The minimum Gasteiger partial charge on any atom is -0.479 e. The van der Waals surface area contributed by atoms with Crippen LogP contribution in [-0.4, -0.2) is 38.1 Å². The third-order valence-electron chi connectivity index (χ3n) is 3.55. The van der Waals surface area contributed by atoms with Gasteiger partial charge in [0.15, 0.2) is 0 Å². The van der Waals surface area contributed by atoms with Crippen LogP contribution in [-0.2, 0) is 4.79 Å². The van der Waals surface area contributed by atoms with Crippen molar-refractivity contribution < 1.29 is 14.8 Å². The van der Waals surface area contributed by atoms with E-state index in [-0.39, 0.29) is 11.6 Å². The fourth-order valence-corrected chi connectivity index (χ4v) is 2.46. The maximum atomic E-state index is 11.5. The van der Waals surface area contributed by atoms with Crippen molar-refractivity contribution in [3.05, 3.63) is 22.5 Å². The normalized spacial score (nSPS) is 22.5. The molecule has 102 valence electrons. The van der Waals surface area contributed by atoms with Gasteiger partial charge >= 0.3 is 11.7 Å². The zero-order valence-electron chi connectivity index (χ0n) is 10.4. The monoisotopic (exact) mass is 266 g/mol. The molecular weight excluding hydrogens is 252 g/mol. The zero-order chi connectivity index (χ0) is 14.0. The highest BCUT2D eigenvalue weighted by Gasteiger charge is 2.47. The predicted octanol–water partition coefficient (Wildman–Crippen LogP) is 1.22. The summed E-state index contributed by atoms with van der Waals surface area (Å²) in [4.78, 5) is 30.9. The van der Waals surface area contributed by atoms with Gasteiger partial charge in [-0.2, -0.15) is 0 Å². The van der Waals surface area contributed by atoms with Crippen molar-refractivity contribution >= 4 is 17.6 Å². The largest absolute Gasteiger partial charge is 0.479 e. The fraction of sp³-hybridized carbons (Fsp3) is 0.545. The topological polar surface area (TPSA) is 109 Å². The molecule has 1 aliphatic rings. The summed E-state index contributed by atoms with van der Waals surface area (Å²) in [6.07, 6.45) is 3.90. The van der Waals surface area contributed by atoms with E-state index in [1.54, 1.807) is 11.8 Å². The van der Waals surface area contributed by atoms with Crippen LogP contribution in [0.3, 0.4) is 0 Å². The Morgan fingerprint density at radius 1 is 1.58 bits per heavy atom. The van der Waals surface area contributed by atoms with Crippen molar-refractivity contribution in [2.75, 3.05) is 11.4 Å². The molecule has 0 spiro atoms. The van der Waals surface area contributed by atoms with Gasteiger partial charge in [0.2, 0.25) is 5.95 Å². The molecule has 2 heterocycles. The van der Waals surface area contributed by atoms with E-state index in [0.29, 0.717) is 19.4 Å². The SMILES string of the molecule is CCC1(C(=O)O)CCCN1c1ncc([N+](=O)[O-])cn1. The number of hydrogen-bond acceptors (Lipinski definition) is 6. The van der Waals surface area contributed by atoms with Crippen molar-refractivity contribution in [3.63, 3.8) is 0 Å². The number of carboxylic acids is 1. The highest BCUT2D eigenvalue weighted by Crippen LogP contribution is 2.35. The second-order valence-corrected chi connectivity index (χ2v) is 4.44. The van der Waals surface area contributed by atoms with Gasteiger partial charge in [0.25, 0.3) is 0 Å². The lowest BCUT2D eigenvalue weighted by molar-refractivity contribution is -0.385. The lowest BCUT2D eigenvalue weighted by Crippen LogP contribution is -2.51. The van der Waals surface area contributed by atoms with Crippen LogP contribution in [0, 0.1) is 10.1 Å². The molecule has 0 amide bonds. The van der Waals surface area contributed by atoms with E-state index in [1.807, 2.05) is 0 Å². The molecule has 19 heavy (non-hydrogen) atoms. The summed E-state index contributed by atoms with van der Waals surface area (Å²) in [5.74, 6) is -0.679. The standard InChI is InChI=1S/C11H14N4O4/c1-2-11(9(16)17)4-3-5-14(11)10-12-6-8(7-13-10)15(18)19/h6-7H,2-5H2,1H3,(H,16,17). The lowest BCUT2D eigenvalue weighted by atomic mass is 9.93. The number of nitrogens with zero attached hydrogens (tertiary/aromatic N) is 4. The predicted molar refractivity (Wildman–Crippen MR) is 65.9 cm³/mol. The van der Waals surface area contributed by atoms with Crippen LogP contribution < -0.4 is 4.90 Å². The Morgan fingerprint density at radius 2 is 2.21 bits per heavy atom. The second-order valence-electron chi connectivity index (χ2n) is 4.44. The molecule has 1 saturated heterocycles. The Balaban J connectivity index is 2.34. The Kier molecular flexibility index (Phi) is 3.32. The number of rotatable bonds is 4. The van der Waals surface area contributed by atoms with Crippen molar-refractivity contribution in [2.24, 2.45) is 0 Å². The molecule has 1 aromatic heterocycles. The summed E-state index contributed by atoms with van der Waals surface area (Å²) in [7, 11) is 0. The average Bonchev–Trinajstić information content (AvgIpc) is 2.83. The van der Waals surface area contributed by atoms with Crippen molar-refractivity contribution in [1.29, 1.82) is 0 Å². The molecule has 1 atom stereocenters. The first-order valence-electron chi connectivity index (χ1n) is 5.99. The van der Waals surface area contributed by atoms with Crippen molar-refractivity contribution in [3.8, 4) is 0 Å². The smallest absolute Gasteiger partial charge is 0.329 e. The second kappa shape index (κ2) is 4.79. The van der Waals surface area contributed by atoms with Gasteiger partial charge < -0.3 is 10.0 Å². The fourth-order valence-electron chi connectivity index (χ4n) is 2.46. The number of hydrogen-bond donors (Lipinski definition) is 1. The van der Waals surface area contributed by atoms with Gasteiger partial charge in [0.1, 0.15) is 17.9 Å². The van der Waals surface area contributed by atoms with Gasteiger partial charge in [-0.25, -0.2) is 14.8 Å². The van der Waals surface area contributed by atoms with E-state index < -0.39 is 16.4 Å². The molecule has 8 heteroatoms. The molecule has 1 fully saturated rings. The molecule has 1 aliphatic heterocycles. The van der Waals surface area contributed by atoms with Crippen LogP contribution in [0.5, 0.6) is 0 Å². The third kappa shape index (κ3) is 2.09. The van der Waals surface area contributed by atoms with Crippen LogP contribution in [0.1, 0.15) is 26.2 Å². The Morgan fingerprint density at radius 3 is 2.68 bits per heavy atom. The first kappa shape index (κ1) is 13.2. The van der Waals surface area contributed by atoms with Crippen LogP contribution in [0.2, 0.25) is 0 Å². The first-order valence-corrected chi connectivity index (χ1v) is 5.99. The van der Waals surface area contributed by atoms with E-state index in [9.17, 15) is 20.0 Å². The number of aliphatic carboxylic acids is 1. The van der Waals surface area contributed by atoms with Crippen LogP contribution in [0.15, 0.2) is 12.4 Å². The number of aromatic nitrogens is 2. The minimum atomic E-state index is -1.00. The summed E-state index contributed by atoms with van der Waals surface area (Å²) >= 11 is 0. The average molecular weight is 266 g/mol. The summed E-state index contributed by atoms with van der Waals surface area (Å²) in [6.45, 7) is 2.34. The summed E-state index contributed by atoms with van der Waals surface area (Å²) in [6, 6.07) is 0. The van der Waals surface area contributed by atoms with Crippen LogP contribution in [0.4, 0.5) is 11.6 Å². The highest BCUT2D eigenvalue weighted by molar-refractivity contribution is 5.83. The van der Waals surface area contributed by atoms with E-state index >= 15 is 0 Å². The molecule has 2 rings (SSSR count). The molecule has 8 nitrogen and oxygen atoms in total. The molecule has 0 aromatic carbocycles. The zero-order valence-corrected chi connectivity index (χ0v) is 10.4. The molecule has 0 saturated carbocycles.